The van der Waals surface area contributed by atoms with Crippen molar-refractivity contribution in [1.29, 1.82) is 0 Å². The summed E-state index contributed by atoms with van der Waals surface area (Å²) in [5, 5.41) is 0. The van der Waals surface area contributed by atoms with Crippen LogP contribution in [-0.4, -0.2) is 34.0 Å². The predicted octanol–water partition coefficient (Wildman–Crippen LogP) is 9.67. The maximum absolute atomic E-state index is 4.69. The molecule has 0 saturated carbocycles. The second-order valence-electron chi connectivity index (χ2n) is 11.8. The molecule has 236 valence electrons. The van der Waals surface area contributed by atoms with E-state index in [1.54, 1.807) is 0 Å². The number of aryl methyl sites for hydroxylation is 3. The first-order chi connectivity index (χ1) is 20.5. The summed E-state index contributed by atoms with van der Waals surface area (Å²) in [7, 11) is 0. The summed E-state index contributed by atoms with van der Waals surface area (Å²) in [6, 6.07) is 35.7. The first-order valence-corrected chi connectivity index (χ1v) is 15.1. The summed E-state index contributed by atoms with van der Waals surface area (Å²) < 4.78 is 0. The topological polar surface area (TPSA) is 32.3 Å². The highest BCUT2D eigenvalue weighted by molar-refractivity contribution is 5.86. The Labute approximate surface area is 287 Å². The van der Waals surface area contributed by atoms with Crippen LogP contribution in [0.2, 0.25) is 0 Å². The molecule has 7 heteroatoms. The van der Waals surface area contributed by atoms with Crippen molar-refractivity contribution in [3.63, 3.8) is 0 Å². The van der Waals surface area contributed by atoms with Gasteiger partial charge in [-0.25, -0.2) is 0 Å². The van der Waals surface area contributed by atoms with Gasteiger partial charge in [0, 0.05) is 61.4 Å². The molecule has 45 heavy (non-hydrogen) atoms. The Bertz CT molecular complexity index is 1620. The Morgan fingerprint density at radius 1 is 0.600 bits per heavy atom. The number of hydrogen-bond acceptors (Lipinski definition) is 4. The van der Waals surface area contributed by atoms with Gasteiger partial charge in [-0.3, -0.25) is 14.9 Å². The molecule has 3 aromatic carbocycles. The van der Waals surface area contributed by atoms with Crippen molar-refractivity contribution < 1.29 is 0 Å². The van der Waals surface area contributed by atoms with Crippen LogP contribution in [0.15, 0.2) is 109 Å². The molecule has 0 atom stereocenters. The summed E-state index contributed by atoms with van der Waals surface area (Å²) in [5.41, 5.74) is 12.2. The standard InChI is InChI=1S/C38H40N4.3ClH/c1-28-4-10-33(11-5-28)37-24-31(16-20-39-37)26-41-22-18-36(19-23-41)42(35-14-8-30(3)9-15-35)27-32-17-21-40-38(25-32)34-12-6-29(2)7-13-34;;;/h4-17,20-21,24-25,36H,18-19,22-23,26-27H2,1-3H3;3*1H. The van der Waals surface area contributed by atoms with E-state index in [-0.39, 0.29) is 37.2 Å². The molecular weight excluding hydrogens is 619 g/mol. The zero-order valence-corrected chi connectivity index (χ0v) is 28.7. The van der Waals surface area contributed by atoms with Crippen LogP contribution < -0.4 is 4.90 Å². The number of halogens is 3. The second kappa shape index (κ2) is 16.8. The van der Waals surface area contributed by atoms with Gasteiger partial charge in [0.05, 0.1) is 11.4 Å². The maximum Gasteiger partial charge on any atom is 0.0705 e. The largest absolute Gasteiger partial charge is 0.364 e. The van der Waals surface area contributed by atoms with Gasteiger partial charge in [0.15, 0.2) is 0 Å². The number of nitrogens with zero attached hydrogens (tertiary/aromatic N) is 4. The molecule has 1 aliphatic heterocycles. The fourth-order valence-electron chi connectivity index (χ4n) is 5.92. The van der Waals surface area contributed by atoms with E-state index in [1.807, 2.05) is 12.4 Å². The van der Waals surface area contributed by atoms with Gasteiger partial charge < -0.3 is 4.90 Å². The minimum Gasteiger partial charge on any atom is -0.364 e. The van der Waals surface area contributed by atoms with E-state index < -0.39 is 0 Å². The van der Waals surface area contributed by atoms with E-state index in [0.29, 0.717) is 6.04 Å². The molecular formula is C38H43Cl3N4. The molecule has 0 spiro atoms. The van der Waals surface area contributed by atoms with Gasteiger partial charge in [-0.05, 0) is 81.1 Å². The van der Waals surface area contributed by atoms with Crippen LogP contribution in [0, 0.1) is 20.8 Å². The predicted molar refractivity (Wildman–Crippen MR) is 196 cm³/mol. The smallest absolute Gasteiger partial charge is 0.0705 e. The molecule has 4 nitrogen and oxygen atoms in total. The third-order valence-electron chi connectivity index (χ3n) is 8.47. The Balaban J connectivity index is 0.00000184. The highest BCUT2D eigenvalue weighted by Gasteiger charge is 2.25. The van der Waals surface area contributed by atoms with E-state index in [0.717, 1.165) is 50.4 Å². The van der Waals surface area contributed by atoms with Crippen LogP contribution in [0.1, 0.15) is 40.7 Å². The summed E-state index contributed by atoms with van der Waals surface area (Å²) in [4.78, 5) is 14.6. The van der Waals surface area contributed by atoms with Gasteiger partial charge in [0.1, 0.15) is 0 Å². The Morgan fingerprint density at radius 2 is 1.04 bits per heavy atom. The van der Waals surface area contributed by atoms with Gasteiger partial charge in [-0.2, -0.15) is 0 Å². The number of anilines is 1. The molecule has 0 unspecified atom stereocenters. The van der Waals surface area contributed by atoms with Crippen LogP contribution in [0.3, 0.4) is 0 Å². The minimum atomic E-state index is 0. The average Bonchev–Trinajstić information content (AvgIpc) is 3.02. The molecule has 0 amide bonds. The number of rotatable bonds is 8. The van der Waals surface area contributed by atoms with E-state index >= 15 is 0 Å². The average molecular weight is 662 g/mol. The number of hydrogen-bond donors (Lipinski definition) is 0. The molecule has 3 heterocycles. The van der Waals surface area contributed by atoms with Crippen molar-refractivity contribution in [2.45, 2.75) is 52.7 Å². The molecule has 1 saturated heterocycles. The van der Waals surface area contributed by atoms with Gasteiger partial charge in [-0.15, -0.1) is 37.2 Å². The lowest BCUT2D eigenvalue weighted by Gasteiger charge is -2.40. The third kappa shape index (κ3) is 9.31. The van der Waals surface area contributed by atoms with E-state index in [4.69, 9.17) is 4.98 Å². The lowest BCUT2D eigenvalue weighted by atomic mass is 9.99. The fraction of sp³-hybridized carbons (Fsp3) is 0.263. The highest BCUT2D eigenvalue weighted by Crippen LogP contribution is 2.28. The van der Waals surface area contributed by atoms with Gasteiger partial charge in [-0.1, -0.05) is 77.4 Å². The van der Waals surface area contributed by atoms with Gasteiger partial charge in [0.2, 0.25) is 0 Å². The molecule has 0 aliphatic carbocycles. The molecule has 0 radical (unpaired) electrons. The number of pyridine rings is 2. The lowest BCUT2D eigenvalue weighted by molar-refractivity contribution is 0.201. The number of piperidine rings is 1. The van der Waals surface area contributed by atoms with Crippen molar-refractivity contribution in [2.24, 2.45) is 0 Å². The molecule has 0 bridgehead atoms. The summed E-state index contributed by atoms with van der Waals surface area (Å²) >= 11 is 0. The second-order valence-corrected chi connectivity index (χ2v) is 11.8. The molecule has 2 aromatic heterocycles. The van der Waals surface area contributed by atoms with E-state index in [2.05, 4.69) is 133 Å². The molecule has 0 N–H and O–H groups in total. The molecule has 6 rings (SSSR count). The zero-order chi connectivity index (χ0) is 28.9. The molecule has 1 fully saturated rings. The van der Waals surface area contributed by atoms with Crippen molar-refractivity contribution in [1.82, 2.24) is 14.9 Å². The van der Waals surface area contributed by atoms with Crippen LogP contribution in [0.4, 0.5) is 5.69 Å². The van der Waals surface area contributed by atoms with Crippen molar-refractivity contribution in [2.75, 3.05) is 18.0 Å². The highest BCUT2D eigenvalue weighted by atomic mass is 35.5. The Kier molecular flexibility index (Phi) is 13.4. The van der Waals surface area contributed by atoms with Crippen LogP contribution >= 0.6 is 37.2 Å². The van der Waals surface area contributed by atoms with Crippen LogP contribution in [0.5, 0.6) is 0 Å². The lowest BCUT2D eigenvalue weighted by Crippen LogP contribution is -2.44. The number of likely N-dealkylation sites (tertiary alicyclic amines) is 1. The number of aromatic nitrogens is 2. The summed E-state index contributed by atoms with van der Waals surface area (Å²) in [5.74, 6) is 0. The zero-order valence-electron chi connectivity index (χ0n) is 26.2. The summed E-state index contributed by atoms with van der Waals surface area (Å²) in [6.07, 6.45) is 6.19. The molecule has 5 aromatic rings. The fourth-order valence-corrected chi connectivity index (χ4v) is 5.92. The maximum atomic E-state index is 4.69. The Hall–Kier alpha value is -3.41. The van der Waals surface area contributed by atoms with Crippen LogP contribution in [-0.2, 0) is 13.1 Å². The van der Waals surface area contributed by atoms with E-state index in [9.17, 15) is 0 Å². The van der Waals surface area contributed by atoms with Crippen molar-refractivity contribution in [3.8, 4) is 22.5 Å². The van der Waals surface area contributed by atoms with Gasteiger partial charge in [0.25, 0.3) is 0 Å². The van der Waals surface area contributed by atoms with Crippen LogP contribution in [0.25, 0.3) is 22.5 Å². The minimum absolute atomic E-state index is 0. The number of benzene rings is 3. The SMILES string of the molecule is Cc1ccc(-c2cc(CN3CCC(N(Cc4ccnc(-c5ccc(C)cc5)c4)c4ccc(C)cc4)CC3)ccn2)cc1.Cl.Cl.Cl. The van der Waals surface area contributed by atoms with E-state index in [1.165, 1.54) is 44.6 Å². The first-order valence-electron chi connectivity index (χ1n) is 15.1. The van der Waals surface area contributed by atoms with Gasteiger partial charge >= 0.3 is 0 Å². The normalized spacial score (nSPS) is 13.2. The van der Waals surface area contributed by atoms with Crippen molar-refractivity contribution >= 4 is 42.9 Å². The first kappa shape index (κ1) is 36.1. The molecule has 1 aliphatic rings. The third-order valence-corrected chi connectivity index (χ3v) is 8.47. The Morgan fingerprint density at radius 3 is 1.56 bits per heavy atom. The quantitative estimate of drug-likeness (QED) is 0.166. The monoisotopic (exact) mass is 660 g/mol. The van der Waals surface area contributed by atoms with Crippen molar-refractivity contribution in [3.05, 3.63) is 137 Å². The summed E-state index contributed by atoms with van der Waals surface area (Å²) in [6.45, 7) is 10.4.